The number of methoxy groups -OCH3 is 1. The molecule has 16 heavy (non-hydrogen) atoms. The lowest BCUT2D eigenvalue weighted by molar-refractivity contribution is -0.121. The summed E-state index contributed by atoms with van der Waals surface area (Å²) in [4.78, 5) is 13.3. The highest BCUT2D eigenvalue weighted by molar-refractivity contribution is 5.84. The van der Waals surface area contributed by atoms with Gasteiger partial charge >= 0.3 is 0 Å². The number of anilines is 1. The smallest absolute Gasteiger partial charge is 0.177 e. The molecule has 0 spiro atoms. The van der Waals surface area contributed by atoms with Gasteiger partial charge in [0.25, 0.3) is 0 Å². The number of rotatable bonds is 6. The van der Waals surface area contributed by atoms with E-state index in [0.29, 0.717) is 6.54 Å². The van der Waals surface area contributed by atoms with Crippen molar-refractivity contribution in [3.05, 3.63) is 30.1 Å². The molecule has 0 amide bonds. The van der Waals surface area contributed by atoms with Gasteiger partial charge < -0.3 is 9.64 Å². The average molecular weight is 225 g/mol. The van der Waals surface area contributed by atoms with Crippen molar-refractivity contribution in [2.24, 2.45) is 0 Å². The van der Waals surface area contributed by atoms with Gasteiger partial charge in [-0.05, 0) is 31.2 Å². The summed E-state index contributed by atoms with van der Waals surface area (Å²) in [5, 5.41) is 0. The predicted molar refractivity (Wildman–Crippen MR) is 61.2 cm³/mol. The van der Waals surface area contributed by atoms with Gasteiger partial charge in [0.1, 0.15) is 12.4 Å². The van der Waals surface area contributed by atoms with Crippen molar-refractivity contribution in [2.45, 2.75) is 6.92 Å². The fraction of sp³-hybridized carbons (Fsp3) is 0.417. The molecule has 88 valence electrons. The summed E-state index contributed by atoms with van der Waals surface area (Å²) in [6, 6.07) is 6.11. The van der Waals surface area contributed by atoms with E-state index < -0.39 is 0 Å². The summed E-state index contributed by atoms with van der Waals surface area (Å²) in [7, 11) is 1.49. The highest BCUT2D eigenvalue weighted by atomic mass is 19.1. The highest BCUT2D eigenvalue weighted by Crippen LogP contribution is 2.14. The Balaban J connectivity index is 2.67. The second kappa shape index (κ2) is 6.23. The van der Waals surface area contributed by atoms with E-state index in [-0.39, 0.29) is 24.8 Å². The molecule has 0 aliphatic rings. The molecule has 0 aliphatic carbocycles. The first-order chi connectivity index (χ1) is 7.67. The Hall–Kier alpha value is -1.42. The molecule has 0 unspecified atom stereocenters. The third-order valence-electron chi connectivity index (χ3n) is 2.25. The molecule has 0 saturated carbocycles. The summed E-state index contributed by atoms with van der Waals surface area (Å²) in [5.74, 6) is -0.267. The summed E-state index contributed by atoms with van der Waals surface area (Å²) in [6.07, 6.45) is 0. The van der Waals surface area contributed by atoms with Crippen molar-refractivity contribution < 1.29 is 13.9 Å². The third-order valence-corrected chi connectivity index (χ3v) is 2.25. The fourth-order valence-electron chi connectivity index (χ4n) is 1.46. The minimum absolute atomic E-state index is 0.00803. The number of benzene rings is 1. The summed E-state index contributed by atoms with van der Waals surface area (Å²) >= 11 is 0. The van der Waals surface area contributed by atoms with Crippen LogP contribution in [0.5, 0.6) is 0 Å². The van der Waals surface area contributed by atoms with Crippen molar-refractivity contribution in [2.75, 3.05) is 31.7 Å². The van der Waals surface area contributed by atoms with Crippen molar-refractivity contribution in [1.82, 2.24) is 0 Å². The summed E-state index contributed by atoms with van der Waals surface area (Å²) in [6.45, 7) is 3.04. The van der Waals surface area contributed by atoms with Crippen LogP contribution in [0.3, 0.4) is 0 Å². The van der Waals surface area contributed by atoms with Crippen LogP contribution >= 0.6 is 0 Å². The van der Waals surface area contributed by atoms with Gasteiger partial charge in [-0.15, -0.1) is 0 Å². The van der Waals surface area contributed by atoms with Gasteiger partial charge in [-0.1, -0.05) is 0 Å². The van der Waals surface area contributed by atoms with Crippen LogP contribution < -0.4 is 4.90 Å². The number of nitrogens with zero attached hydrogens (tertiary/aromatic N) is 1. The number of ketones is 1. The van der Waals surface area contributed by atoms with Crippen LogP contribution in [0, 0.1) is 5.82 Å². The molecule has 4 heteroatoms. The van der Waals surface area contributed by atoms with Gasteiger partial charge in [-0.2, -0.15) is 0 Å². The van der Waals surface area contributed by atoms with Crippen LogP contribution in [0.2, 0.25) is 0 Å². The number of carbonyl (C=O) groups is 1. The molecule has 0 saturated heterocycles. The van der Waals surface area contributed by atoms with Gasteiger partial charge in [-0.25, -0.2) is 4.39 Å². The molecular formula is C12H16FNO2. The summed E-state index contributed by atoms with van der Waals surface area (Å²) in [5.41, 5.74) is 0.841. The predicted octanol–water partition coefficient (Wildman–Crippen LogP) is 1.87. The second-order valence-corrected chi connectivity index (χ2v) is 3.46. The largest absolute Gasteiger partial charge is 0.377 e. The van der Waals surface area contributed by atoms with Crippen LogP contribution in [-0.2, 0) is 9.53 Å². The zero-order valence-electron chi connectivity index (χ0n) is 9.57. The van der Waals surface area contributed by atoms with E-state index in [1.54, 1.807) is 12.1 Å². The Morgan fingerprint density at radius 2 is 2.00 bits per heavy atom. The minimum atomic E-state index is -0.275. The van der Waals surface area contributed by atoms with E-state index in [1.807, 2.05) is 11.8 Å². The number of hydrogen-bond acceptors (Lipinski definition) is 3. The average Bonchev–Trinajstić information content (AvgIpc) is 2.27. The van der Waals surface area contributed by atoms with E-state index >= 15 is 0 Å². The molecule has 0 heterocycles. The SMILES string of the molecule is CCN(CC(=O)COC)c1ccc(F)cc1. The standard InChI is InChI=1S/C12H16FNO2/c1-3-14(8-12(15)9-16-2)11-6-4-10(13)5-7-11/h4-7H,3,8-9H2,1-2H3. The first kappa shape index (κ1) is 12.6. The first-order valence-corrected chi connectivity index (χ1v) is 5.18. The third kappa shape index (κ3) is 3.62. The Morgan fingerprint density at radius 1 is 1.38 bits per heavy atom. The lowest BCUT2D eigenvalue weighted by Crippen LogP contribution is -2.31. The molecule has 0 aromatic heterocycles. The number of Topliss-reactive ketones (excluding diaryl/α,β-unsaturated/α-hetero) is 1. The fourth-order valence-corrected chi connectivity index (χ4v) is 1.46. The van der Waals surface area contributed by atoms with Gasteiger partial charge in [0.05, 0.1) is 6.54 Å². The molecule has 1 aromatic rings. The molecule has 1 rings (SSSR count). The number of halogens is 1. The van der Waals surface area contributed by atoms with E-state index in [0.717, 1.165) is 5.69 Å². The normalized spacial score (nSPS) is 10.2. The molecule has 1 aromatic carbocycles. The molecule has 0 aliphatic heterocycles. The van der Waals surface area contributed by atoms with Crippen molar-refractivity contribution in [3.8, 4) is 0 Å². The Morgan fingerprint density at radius 3 is 2.50 bits per heavy atom. The van der Waals surface area contributed by atoms with Crippen LogP contribution in [-0.4, -0.2) is 32.6 Å². The molecular weight excluding hydrogens is 209 g/mol. The first-order valence-electron chi connectivity index (χ1n) is 5.18. The molecule has 0 atom stereocenters. The van der Waals surface area contributed by atoms with Crippen molar-refractivity contribution in [3.63, 3.8) is 0 Å². The molecule has 0 bridgehead atoms. The zero-order valence-corrected chi connectivity index (χ0v) is 9.57. The van der Waals surface area contributed by atoms with E-state index in [2.05, 4.69) is 0 Å². The van der Waals surface area contributed by atoms with Crippen LogP contribution in [0.1, 0.15) is 6.92 Å². The topological polar surface area (TPSA) is 29.5 Å². The number of hydrogen-bond donors (Lipinski definition) is 0. The second-order valence-electron chi connectivity index (χ2n) is 3.46. The highest BCUT2D eigenvalue weighted by Gasteiger charge is 2.09. The number of carbonyl (C=O) groups excluding carboxylic acids is 1. The van der Waals surface area contributed by atoms with Crippen LogP contribution in [0.15, 0.2) is 24.3 Å². The Labute approximate surface area is 94.8 Å². The van der Waals surface area contributed by atoms with Gasteiger partial charge in [0.2, 0.25) is 0 Å². The van der Waals surface area contributed by atoms with Gasteiger partial charge in [0.15, 0.2) is 5.78 Å². The van der Waals surface area contributed by atoms with E-state index in [4.69, 9.17) is 4.74 Å². The maximum Gasteiger partial charge on any atom is 0.177 e. The van der Waals surface area contributed by atoms with Crippen LogP contribution in [0.4, 0.5) is 10.1 Å². The van der Waals surface area contributed by atoms with Gasteiger partial charge in [0, 0.05) is 19.3 Å². The number of likely N-dealkylation sites (N-methyl/N-ethyl adjacent to an activating group) is 1. The van der Waals surface area contributed by atoms with Crippen LogP contribution in [0.25, 0.3) is 0 Å². The maximum absolute atomic E-state index is 12.7. The molecule has 0 fully saturated rings. The zero-order chi connectivity index (χ0) is 12.0. The molecule has 0 N–H and O–H groups in total. The van der Waals surface area contributed by atoms with E-state index in [1.165, 1.54) is 19.2 Å². The lowest BCUT2D eigenvalue weighted by Gasteiger charge is -2.22. The maximum atomic E-state index is 12.7. The summed E-state index contributed by atoms with van der Waals surface area (Å²) < 4.78 is 17.5. The van der Waals surface area contributed by atoms with Gasteiger partial charge in [-0.3, -0.25) is 4.79 Å². The van der Waals surface area contributed by atoms with Crippen molar-refractivity contribution >= 4 is 11.5 Å². The minimum Gasteiger partial charge on any atom is -0.377 e. The van der Waals surface area contributed by atoms with Crippen molar-refractivity contribution in [1.29, 1.82) is 0 Å². The quantitative estimate of drug-likeness (QED) is 0.740. The lowest BCUT2D eigenvalue weighted by atomic mass is 10.2. The Kier molecular flexibility index (Phi) is 4.92. The monoisotopic (exact) mass is 225 g/mol. The van der Waals surface area contributed by atoms with E-state index in [9.17, 15) is 9.18 Å². The Bertz CT molecular complexity index is 337. The molecule has 0 radical (unpaired) electrons. The molecule has 3 nitrogen and oxygen atoms in total. The number of ether oxygens (including phenoxy) is 1.